The number of likely N-dealkylation sites (tertiary alicyclic amines) is 1. The van der Waals surface area contributed by atoms with Gasteiger partial charge in [0.2, 0.25) is 0 Å². The minimum absolute atomic E-state index is 0.129. The van der Waals surface area contributed by atoms with Crippen molar-refractivity contribution in [2.24, 2.45) is 0 Å². The summed E-state index contributed by atoms with van der Waals surface area (Å²) in [6.07, 6.45) is 5.31. The number of aromatic nitrogens is 2. The molecular weight excluding hydrogens is 321 g/mol. The average molecular weight is 339 g/mol. The lowest BCUT2D eigenvalue weighted by Gasteiger charge is -2.24. The molecule has 0 bridgehead atoms. The van der Waals surface area contributed by atoms with Crippen LogP contribution >= 0.6 is 24.0 Å². The predicted molar refractivity (Wildman–Crippen MR) is 90.5 cm³/mol. The molecule has 4 nitrogen and oxygen atoms in total. The fraction of sp³-hybridized carbons (Fsp3) is 0.467. The number of hydrogen-bond acceptors (Lipinski definition) is 3. The summed E-state index contributed by atoms with van der Waals surface area (Å²) in [6.45, 7) is 1.43. The number of carbonyl (C=O) groups is 1. The second-order valence-corrected chi connectivity index (χ2v) is 7.11. The number of H-pyrrole nitrogens is 2. The summed E-state index contributed by atoms with van der Waals surface area (Å²) in [5.74, 6) is -0.562. The molecular formula is C15H18FN3OS2. The van der Waals surface area contributed by atoms with Gasteiger partial charge in [-0.25, -0.2) is 4.39 Å². The van der Waals surface area contributed by atoms with E-state index in [1.165, 1.54) is 12.1 Å². The van der Waals surface area contributed by atoms with Crippen LogP contribution in [0.3, 0.4) is 0 Å². The number of benzene rings is 1. The lowest BCUT2D eigenvalue weighted by atomic mass is 10.1. The monoisotopic (exact) mass is 339 g/mol. The number of nitrogens with zero attached hydrogens (tertiary/aromatic N) is 1. The lowest BCUT2D eigenvalue weighted by Crippen LogP contribution is -2.35. The summed E-state index contributed by atoms with van der Waals surface area (Å²) in [5.41, 5.74) is 1.47. The standard InChI is InChI=1S/C15H18FN3OS2/c1-22-10-4-2-3-5-19(8-10)14(20)11-6-9(16)7-12-13(11)18-15(21)17-12/h6-7,10H,2-5,8H2,1H3,(H2,17,18,21)/t10-/m1/s1. The Morgan fingerprint density at radius 3 is 3.00 bits per heavy atom. The molecule has 0 saturated carbocycles. The van der Waals surface area contributed by atoms with Crippen LogP contribution in [0.25, 0.3) is 11.0 Å². The van der Waals surface area contributed by atoms with Crippen LogP contribution in [0.4, 0.5) is 4.39 Å². The van der Waals surface area contributed by atoms with Crippen LogP contribution in [0.2, 0.25) is 0 Å². The zero-order chi connectivity index (χ0) is 15.7. The van der Waals surface area contributed by atoms with Gasteiger partial charge in [0.25, 0.3) is 5.91 Å². The number of aromatic amines is 2. The van der Waals surface area contributed by atoms with Crippen LogP contribution in [-0.2, 0) is 0 Å². The van der Waals surface area contributed by atoms with Crippen LogP contribution in [0.5, 0.6) is 0 Å². The normalized spacial score (nSPS) is 19.4. The van der Waals surface area contributed by atoms with Gasteiger partial charge in [-0.3, -0.25) is 4.79 Å². The molecule has 22 heavy (non-hydrogen) atoms. The highest BCUT2D eigenvalue weighted by molar-refractivity contribution is 7.99. The number of fused-ring (bicyclic) bond motifs is 1. The van der Waals surface area contributed by atoms with Crippen LogP contribution in [0, 0.1) is 10.6 Å². The molecule has 118 valence electrons. The molecule has 1 saturated heterocycles. The van der Waals surface area contributed by atoms with Crippen molar-refractivity contribution in [3.8, 4) is 0 Å². The van der Waals surface area contributed by atoms with E-state index in [2.05, 4.69) is 16.2 Å². The highest BCUT2D eigenvalue weighted by Crippen LogP contribution is 2.24. The van der Waals surface area contributed by atoms with Gasteiger partial charge in [0.1, 0.15) is 5.82 Å². The molecule has 1 aromatic carbocycles. The summed E-state index contributed by atoms with van der Waals surface area (Å²) in [6, 6.07) is 2.65. The van der Waals surface area contributed by atoms with Gasteiger partial charge in [0, 0.05) is 18.3 Å². The van der Waals surface area contributed by atoms with Crippen LogP contribution in [0.1, 0.15) is 29.6 Å². The van der Waals surface area contributed by atoms with E-state index in [1.54, 1.807) is 11.8 Å². The number of carbonyl (C=O) groups excluding carboxylic acids is 1. The van der Waals surface area contributed by atoms with E-state index in [1.807, 2.05) is 4.90 Å². The minimum atomic E-state index is -0.433. The van der Waals surface area contributed by atoms with Crippen molar-refractivity contribution < 1.29 is 9.18 Å². The molecule has 3 rings (SSSR count). The topological polar surface area (TPSA) is 51.9 Å². The van der Waals surface area contributed by atoms with Gasteiger partial charge in [-0.05, 0) is 43.4 Å². The maximum atomic E-state index is 13.8. The van der Waals surface area contributed by atoms with Gasteiger partial charge in [0.05, 0.1) is 16.6 Å². The molecule has 1 aromatic heterocycles. The van der Waals surface area contributed by atoms with Gasteiger partial charge >= 0.3 is 0 Å². The van der Waals surface area contributed by atoms with Crippen LogP contribution in [-0.4, -0.2) is 45.4 Å². The zero-order valence-corrected chi connectivity index (χ0v) is 14.0. The van der Waals surface area contributed by atoms with E-state index in [9.17, 15) is 9.18 Å². The first-order valence-corrected chi connectivity index (χ1v) is 9.01. The highest BCUT2D eigenvalue weighted by atomic mass is 32.2. The number of amides is 1. The van der Waals surface area contributed by atoms with Gasteiger partial charge < -0.3 is 14.9 Å². The lowest BCUT2D eigenvalue weighted by molar-refractivity contribution is 0.0765. The first-order chi connectivity index (χ1) is 10.6. The van der Waals surface area contributed by atoms with Crippen molar-refractivity contribution in [2.75, 3.05) is 19.3 Å². The molecule has 0 aliphatic carbocycles. The van der Waals surface area contributed by atoms with Gasteiger partial charge in [-0.2, -0.15) is 11.8 Å². The molecule has 1 atom stereocenters. The second-order valence-electron chi connectivity index (χ2n) is 5.56. The van der Waals surface area contributed by atoms with E-state index in [4.69, 9.17) is 12.2 Å². The van der Waals surface area contributed by atoms with E-state index in [-0.39, 0.29) is 5.91 Å². The third-order valence-corrected chi connectivity index (χ3v) is 5.32. The molecule has 0 spiro atoms. The average Bonchev–Trinajstić information content (AvgIpc) is 2.72. The van der Waals surface area contributed by atoms with Crippen molar-refractivity contribution in [2.45, 2.75) is 24.5 Å². The highest BCUT2D eigenvalue weighted by Gasteiger charge is 2.24. The number of thioether (sulfide) groups is 1. The molecule has 0 unspecified atom stereocenters. The Morgan fingerprint density at radius 1 is 1.41 bits per heavy atom. The van der Waals surface area contributed by atoms with E-state index in [0.717, 1.165) is 25.8 Å². The Kier molecular flexibility index (Phi) is 4.54. The molecule has 2 aromatic rings. The van der Waals surface area contributed by atoms with Gasteiger partial charge in [-0.1, -0.05) is 6.42 Å². The molecule has 7 heteroatoms. The quantitative estimate of drug-likeness (QED) is 0.820. The largest absolute Gasteiger partial charge is 0.337 e. The molecule has 1 aliphatic rings. The zero-order valence-electron chi connectivity index (χ0n) is 12.3. The number of imidazole rings is 1. The molecule has 2 heterocycles. The SMILES string of the molecule is CS[C@@H]1CCCCN(C(=O)c2cc(F)cc3[nH]c(=S)[nH]c23)C1. The first-order valence-electron chi connectivity index (χ1n) is 7.32. The maximum Gasteiger partial charge on any atom is 0.256 e. The Morgan fingerprint density at radius 2 is 2.23 bits per heavy atom. The Balaban J connectivity index is 1.99. The number of rotatable bonds is 2. The fourth-order valence-corrected chi connectivity index (χ4v) is 3.87. The van der Waals surface area contributed by atoms with Crippen molar-refractivity contribution in [1.29, 1.82) is 0 Å². The van der Waals surface area contributed by atoms with E-state index >= 15 is 0 Å². The molecule has 1 amide bonds. The summed E-state index contributed by atoms with van der Waals surface area (Å²) in [4.78, 5) is 20.5. The Bertz CT molecular complexity index is 755. The van der Waals surface area contributed by atoms with Gasteiger partial charge in [0.15, 0.2) is 4.77 Å². The predicted octanol–water partition coefficient (Wildman–Crippen LogP) is 3.72. The summed E-state index contributed by atoms with van der Waals surface area (Å²) >= 11 is 6.84. The summed E-state index contributed by atoms with van der Waals surface area (Å²) in [7, 11) is 0. The Hall–Kier alpha value is -1.34. The second kappa shape index (κ2) is 6.42. The number of halogens is 1. The summed E-state index contributed by atoms with van der Waals surface area (Å²) < 4.78 is 14.2. The van der Waals surface area contributed by atoms with Crippen molar-refractivity contribution in [1.82, 2.24) is 14.9 Å². The fourth-order valence-electron chi connectivity index (χ4n) is 2.93. The molecule has 1 fully saturated rings. The Labute approximate surface area is 137 Å². The van der Waals surface area contributed by atoms with Crippen molar-refractivity contribution in [3.05, 3.63) is 28.3 Å². The maximum absolute atomic E-state index is 13.8. The van der Waals surface area contributed by atoms with E-state index in [0.29, 0.717) is 33.2 Å². The van der Waals surface area contributed by atoms with Crippen LogP contribution < -0.4 is 0 Å². The molecule has 0 radical (unpaired) electrons. The third-order valence-electron chi connectivity index (χ3n) is 4.07. The molecule has 2 N–H and O–H groups in total. The van der Waals surface area contributed by atoms with Gasteiger partial charge in [-0.15, -0.1) is 0 Å². The smallest absolute Gasteiger partial charge is 0.256 e. The first kappa shape index (κ1) is 15.6. The third kappa shape index (κ3) is 3.05. The summed E-state index contributed by atoms with van der Waals surface area (Å²) in [5, 5.41) is 0.445. The number of hydrogen-bond donors (Lipinski definition) is 2. The van der Waals surface area contributed by atoms with Crippen molar-refractivity contribution in [3.63, 3.8) is 0 Å². The minimum Gasteiger partial charge on any atom is -0.337 e. The van der Waals surface area contributed by atoms with E-state index < -0.39 is 5.82 Å². The molecule has 1 aliphatic heterocycles. The number of nitrogens with one attached hydrogen (secondary N) is 2. The van der Waals surface area contributed by atoms with Crippen molar-refractivity contribution >= 4 is 40.9 Å². The van der Waals surface area contributed by atoms with Crippen LogP contribution in [0.15, 0.2) is 12.1 Å².